The molecule has 0 aliphatic heterocycles. The van der Waals surface area contributed by atoms with Gasteiger partial charge in [-0.25, -0.2) is 0 Å². The van der Waals surface area contributed by atoms with E-state index in [2.05, 4.69) is 29.8 Å². The van der Waals surface area contributed by atoms with Crippen molar-refractivity contribution in [3.63, 3.8) is 0 Å². The van der Waals surface area contributed by atoms with E-state index in [1.165, 1.54) is 4.88 Å². The van der Waals surface area contributed by atoms with Gasteiger partial charge in [-0.1, -0.05) is 6.07 Å². The summed E-state index contributed by atoms with van der Waals surface area (Å²) in [5.41, 5.74) is 0. The van der Waals surface area contributed by atoms with Crippen LogP contribution in [0.3, 0.4) is 0 Å². The number of nitrogens with one attached hydrogen (secondary N) is 1. The van der Waals surface area contributed by atoms with E-state index in [4.69, 9.17) is 0 Å². The zero-order valence-electron chi connectivity index (χ0n) is 6.42. The Bertz CT molecular complexity index is 169. The summed E-state index contributed by atoms with van der Waals surface area (Å²) in [6.07, 6.45) is 1.15. The van der Waals surface area contributed by atoms with E-state index >= 15 is 0 Å². The zero-order valence-corrected chi connectivity index (χ0v) is 7.24. The molecule has 0 fully saturated rings. The first-order valence-electron chi connectivity index (χ1n) is 3.52. The summed E-state index contributed by atoms with van der Waals surface area (Å²) in [4.78, 5) is 1.46. The Morgan fingerprint density at radius 2 is 2.50 bits per heavy atom. The standard InChI is InChI=1S/C8H13NS/c1-7(9-2)6-8-4-3-5-10-8/h3-5,7,9H,6H2,1-2H3. The molecule has 1 heterocycles. The van der Waals surface area contributed by atoms with Gasteiger partial charge in [0.05, 0.1) is 0 Å². The van der Waals surface area contributed by atoms with Crippen molar-refractivity contribution in [3.05, 3.63) is 22.4 Å². The van der Waals surface area contributed by atoms with Gasteiger partial charge in [0.25, 0.3) is 0 Å². The predicted molar refractivity (Wildman–Crippen MR) is 46.5 cm³/mol. The number of thiophene rings is 1. The van der Waals surface area contributed by atoms with Crippen LogP contribution in [-0.4, -0.2) is 13.1 Å². The summed E-state index contributed by atoms with van der Waals surface area (Å²) in [6, 6.07) is 4.87. The molecule has 56 valence electrons. The quantitative estimate of drug-likeness (QED) is 0.703. The summed E-state index contributed by atoms with van der Waals surface area (Å²) in [5.74, 6) is 0. The lowest BCUT2D eigenvalue weighted by molar-refractivity contribution is 0.613. The lowest BCUT2D eigenvalue weighted by atomic mass is 10.2. The first-order chi connectivity index (χ1) is 4.83. The third-order valence-electron chi connectivity index (χ3n) is 1.58. The van der Waals surface area contributed by atoms with Crippen molar-refractivity contribution in [2.75, 3.05) is 7.05 Å². The number of likely N-dealkylation sites (N-methyl/N-ethyl adjacent to an activating group) is 1. The normalized spacial score (nSPS) is 13.4. The van der Waals surface area contributed by atoms with Crippen molar-refractivity contribution in [1.29, 1.82) is 0 Å². The molecule has 0 amide bonds. The summed E-state index contributed by atoms with van der Waals surface area (Å²) < 4.78 is 0. The maximum Gasteiger partial charge on any atom is 0.00840 e. The highest BCUT2D eigenvalue weighted by Gasteiger charge is 1.99. The minimum Gasteiger partial charge on any atom is -0.317 e. The van der Waals surface area contributed by atoms with Crippen molar-refractivity contribution in [1.82, 2.24) is 5.32 Å². The third-order valence-corrected chi connectivity index (χ3v) is 2.48. The van der Waals surface area contributed by atoms with Crippen molar-refractivity contribution in [3.8, 4) is 0 Å². The predicted octanol–water partition coefficient (Wildman–Crippen LogP) is 1.90. The van der Waals surface area contributed by atoms with Gasteiger partial charge in [-0.15, -0.1) is 11.3 Å². The molecule has 1 rings (SSSR count). The lowest BCUT2D eigenvalue weighted by Crippen LogP contribution is -2.22. The molecular weight excluding hydrogens is 142 g/mol. The second kappa shape index (κ2) is 3.74. The average molecular weight is 155 g/mol. The summed E-state index contributed by atoms with van der Waals surface area (Å²) in [5, 5.41) is 5.33. The smallest absolute Gasteiger partial charge is 0.00840 e. The Morgan fingerprint density at radius 3 is 3.00 bits per heavy atom. The van der Waals surface area contributed by atoms with Crippen LogP contribution in [0, 0.1) is 0 Å². The second-order valence-corrected chi connectivity index (χ2v) is 3.51. The average Bonchev–Trinajstić information content (AvgIpc) is 2.40. The minimum atomic E-state index is 0.596. The molecule has 0 aliphatic carbocycles. The molecule has 1 nitrogen and oxygen atoms in total. The molecule has 0 aromatic carbocycles. The SMILES string of the molecule is CNC(C)Cc1cccs1. The van der Waals surface area contributed by atoms with Crippen LogP contribution < -0.4 is 5.32 Å². The molecule has 1 aromatic heterocycles. The Balaban J connectivity index is 2.40. The highest BCUT2D eigenvalue weighted by molar-refractivity contribution is 7.09. The van der Waals surface area contributed by atoms with Crippen molar-refractivity contribution < 1.29 is 0 Å². The lowest BCUT2D eigenvalue weighted by Gasteiger charge is -2.06. The van der Waals surface area contributed by atoms with Gasteiger partial charge in [0.15, 0.2) is 0 Å². The molecule has 1 aromatic rings. The molecule has 0 bridgehead atoms. The third kappa shape index (κ3) is 2.12. The molecule has 0 saturated carbocycles. The molecule has 0 spiro atoms. The van der Waals surface area contributed by atoms with Gasteiger partial charge in [-0.3, -0.25) is 0 Å². The Labute approximate surface area is 66.1 Å². The molecular formula is C8H13NS. The van der Waals surface area contributed by atoms with Crippen LogP contribution in [0.25, 0.3) is 0 Å². The van der Waals surface area contributed by atoms with Crippen molar-refractivity contribution in [2.45, 2.75) is 19.4 Å². The first kappa shape index (κ1) is 7.76. The Morgan fingerprint density at radius 1 is 1.70 bits per heavy atom. The largest absolute Gasteiger partial charge is 0.317 e. The van der Waals surface area contributed by atoms with E-state index in [0.717, 1.165) is 6.42 Å². The van der Waals surface area contributed by atoms with Gasteiger partial charge < -0.3 is 5.32 Å². The van der Waals surface area contributed by atoms with Crippen LogP contribution >= 0.6 is 11.3 Å². The maximum absolute atomic E-state index is 3.21. The van der Waals surface area contributed by atoms with Crippen LogP contribution in [0.2, 0.25) is 0 Å². The maximum atomic E-state index is 3.21. The van der Waals surface area contributed by atoms with Crippen LogP contribution in [0.15, 0.2) is 17.5 Å². The molecule has 2 heteroatoms. The molecule has 10 heavy (non-hydrogen) atoms. The molecule has 1 atom stereocenters. The minimum absolute atomic E-state index is 0.596. The second-order valence-electron chi connectivity index (χ2n) is 2.47. The summed E-state index contributed by atoms with van der Waals surface area (Å²) in [7, 11) is 2.00. The van der Waals surface area contributed by atoms with E-state index < -0.39 is 0 Å². The number of hydrogen-bond acceptors (Lipinski definition) is 2. The van der Waals surface area contributed by atoms with Gasteiger partial charge >= 0.3 is 0 Å². The van der Waals surface area contributed by atoms with Crippen LogP contribution in [-0.2, 0) is 6.42 Å². The highest BCUT2D eigenvalue weighted by Crippen LogP contribution is 2.10. The van der Waals surface area contributed by atoms with E-state index in [1.807, 2.05) is 18.4 Å². The van der Waals surface area contributed by atoms with Gasteiger partial charge in [-0.2, -0.15) is 0 Å². The van der Waals surface area contributed by atoms with Crippen LogP contribution in [0.5, 0.6) is 0 Å². The van der Waals surface area contributed by atoms with Crippen LogP contribution in [0.1, 0.15) is 11.8 Å². The van der Waals surface area contributed by atoms with Crippen molar-refractivity contribution >= 4 is 11.3 Å². The van der Waals surface area contributed by atoms with Crippen molar-refractivity contribution in [2.24, 2.45) is 0 Å². The number of hydrogen-bond donors (Lipinski definition) is 1. The van der Waals surface area contributed by atoms with Gasteiger partial charge in [0, 0.05) is 10.9 Å². The van der Waals surface area contributed by atoms with Crippen LogP contribution in [0.4, 0.5) is 0 Å². The topological polar surface area (TPSA) is 12.0 Å². The molecule has 1 unspecified atom stereocenters. The molecule has 0 radical (unpaired) electrons. The fourth-order valence-electron chi connectivity index (χ4n) is 0.833. The Kier molecular flexibility index (Phi) is 2.90. The monoisotopic (exact) mass is 155 g/mol. The van der Waals surface area contributed by atoms with E-state index in [0.29, 0.717) is 6.04 Å². The highest BCUT2D eigenvalue weighted by atomic mass is 32.1. The van der Waals surface area contributed by atoms with Gasteiger partial charge in [-0.05, 0) is 31.8 Å². The van der Waals surface area contributed by atoms with Gasteiger partial charge in [0.2, 0.25) is 0 Å². The molecule has 0 aliphatic rings. The fourth-order valence-corrected chi connectivity index (χ4v) is 1.67. The van der Waals surface area contributed by atoms with Gasteiger partial charge in [0.1, 0.15) is 0 Å². The summed E-state index contributed by atoms with van der Waals surface area (Å²) >= 11 is 1.83. The van der Waals surface area contributed by atoms with E-state index in [-0.39, 0.29) is 0 Å². The number of rotatable bonds is 3. The molecule has 1 N–H and O–H groups in total. The zero-order chi connectivity index (χ0) is 7.40. The first-order valence-corrected chi connectivity index (χ1v) is 4.40. The molecule has 0 saturated heterocycles. The summed E-state index contributed by atoms with van der Waals surface area (Å²) in [6.45, 7) is 2.19. The van der Waals surface area contributed by atoms with E-state index in [9.17, 15) is 0 Å². The fraction of sp³-hybridized carbons (Fsp3) is 0.500. The Hall–Kier alpha value is -0.340. The van der Waals surface area contributed by atoms with E-state index in [1.54, 1.807) is 0 Å².